The molecule has 0 bridgehead atoms. The molecule has 0 unspecified atom stereocenters. The van der Waals surface area contributed by atoms with Crippen LogP contribution in [-0.4, -0.2) is 53.2 Å². The SMILES string of the molecule is CC1(C)[C@@H](OC(=O)COCC(=O)O)CC[C@]2(C)[C@H]3C(=O)C=C4[C@@H]5C[C@@](C)(C(=O)O)CC[C@]5(C)CC[C@@]4(C)[C@]3(C)CC[C@@H]12. The van der Waals surface area contributed by atoms with Crippen molar-refractivity contribution in [2.24, 2.45) is 50.2 Å². The van der Waals surface area contributed by atoms with Crippen LogP contribution in [0.15, 0.2) is 11.6 Å². The largest absolute Gasteiger partial charge is 0.481 e. The molecule has 234 valence electrons. The number of aliphatic carboxylic acids is 2. The highest BCUT2D eigenvalue weighted by atomic mass is 16.6. The van der Waals surface area contributed by atoms with E-state index in [1.54, 1.807) is 0 Å². The first kappa shape index (κ1) is 31.2. The molecule has 4 saturated carbocycles. The van der Waals surface area contributed by atoms with Gasteiger partial charge in [0.15, 0.2) is 5.78 Å². The second kappa shape index (κ2) is 9.90. The van der Waals surface area contributed by atoms with Crippen LogP contribution in [0.5, 0.6) is 0 Å². The summed E-state index contributed by atoms with van der Waals surface area (Å²) >= 11 is 0. The zero-order chi connectivity index (χ0) is 31.1. The third kappa shape index (κ3) is 4.40. The van der Waals surface area contributed by atoms with Crippen LogP contribution in [0.25, 0.3) is 0 Å². The van der Waals surface area contributed by atoms with Gasteiger partial charge in [-0.05, 0) is 104 Å². The molecule has 8 heteroatoms. The molecule has 42 heavy (non-hydrogen) atoms. The van der Waals surface area contributed by atoms with Crippen LogP contribution in [0.3, 0.4) is 0 Å². The van der Waals surface area contributed by atoms with E-state index in [0.717, 1.165) is 38.5 Å². The number of carboxylic acids is 2. The van der Waals surface area contributed by atoms with Crippen molar-refractivity contribution in [2.75, 3.05) is 13.2 Å². The molecule has 0 amide bonds. The summed E-state index contributed by atoms with van der Waals surface area (Å²) in [5, 5.41) is 18.9. The summed E-state index contributed by atoms with van der Waals surface area (Å²) in [7, 11) is 0. The van der Waals surface area contributed by atoms with Gasteiger partial charge in [0.1, 0.15) is 19.3 Å². The molecule has 0 saturated heterocycles. The van der Waals surface area contributed by atoms with Crippen LogP contribution in [0.2, 0.25) is 0 Å². The molecule has 0 heterocycles. The predicted molar refractivity (Wildman–Crippen MR) is 155 cm³/mol. The van der Waals surface area contributed by atoms with Crippen LogP contribution in [-0.2, 0) is 28.7 Å². The van der Waals surface area contributed by atoms with Gasteiger partial charge in [-0.3, -0.25) is 9.59 Å². The summed E-state index contributed by atoms with van der Waals surface area (Å²) < 4.78 is 10.8. The fourth-order valence-corrected chi connectivity index (χ4v) is 11.0. The van der Waals surface area contributed by atoms with Gasteiger partial charge in [-0.2, -0.15) is 0 Å². The van der Waals surface area contributed by atoms with Crippen molar-refractivity contribution in [2.45, 2.75) is 112 Å². The number of hydrogen-bond acceptors (Lipinski definition) is 6. The highest BCUT2D eigenvalue weighted by Crippen LogP contribution is 2.75. The average molecular weight is 587 g/mol. The van der Waals surface area contributed by atoms with E-state index in [-0.39, 0.29) is 56.7 Å². The minimum Gasteiger partial charge on any atom is -0.481 e. The Bertz CT molecular complexity index is 1220. The van der Waals surface area contributed by atoms with Gasteiger partial charge in [0.25, 0.3) is 0 Å². The molecule has 0 aromatic heterocycles. The van der Waals surface area contributed by atoms with Gasteiger partial charge < -0.3 is 19.7 Å². The monoisotopic (exact) mass is 586 g/mol. The van der Waals surface area contributed by atoms with E-state index >= 15 is 0 Å². The van der Waals surface area contributed by atoms with Crippen molar-refractivity contribution >= 4 is 23.7 Å². The molecule has 5 aliphatic rings. The maximum atomic E-state index is 14.5. The number of esters is 1. The number of allylic oxidation sites excluding steroid dienone is 2. The van der Waals surface area contributed by atoms with Crippen molar-refractivity contribution in [3.63, 3.8) is 0 Å². The molecule has 5 rings (SSSR count). The maximum Gasteiger partial charge on any atom is 0.332 e. The molecule has 4 fully saturated rings. The second-order valence-corrected chi connectivity index (χ2v) is 16.3. The number of carbonyl (C=O) groups is 4. The van der Waals surface area contributed by atoms with Gasteiger partial charge in [-0.1, -0.05) is 47.1 Å². The molecule has 0 spiro atoms. The lowest BCUT2D eigenvalue weighted by molar-refractivity contribution is -0.212. The van der Waals surface area contributed by atoms with Gasteiger partial charge in [0.05, 0.1) is 5.41 Å². The molecule has 0 aliphatic heterocycles. The molecule has 0 aromatic carbocycles. The van der Waals surface area contributed by atoms with Gasteiger partial charge in [0, 0.05) is 11.3 Å². The lowest BCUT2D eigenvalue weighted by Crippen LogP contribution is -2.66. The highest BCUT2D eigenvalue weighted by molar-refractivity contribution is 5.95. The summed E-state index contributed by atoms with van der Waals surface area (Å²) in [6.07, 6.45) is 9.03. The predicted octanol–water partition coefficient (Wildman–Crippen LogP) is 6.06. The Kier molecular flexibility index (Phi) is 7.36. The van der Waals surface area contributed by atoms with Crippen LogP contribution in [0.4, 0.5) is 0 Å². The van der Waals surface area contributed by atoms with E-state index in [4.69, 9.17) is 14.6 Å². The van der Waals surface area contributed by atoms with Crippen LogP contribution < -0.4 is 0 Å². The fraction of sp³-hybridized carbons (Fsp3) is 0.824. The van der Waals surface area contributed by atoms with Crippen molar-refractivity contribution in [1.29, 1.82) is 0 Å². The Hall–Kier alpha value is -2.22. The van der Waals surface area contributed by atoms with E-state index in [1.807, 2.05) is 13.0 Å². The number of ketones is 1. The molecule has 8 nitrogen and oxygen atoms in total. The van der Waals surface area contributed by atoms with Gasteiger partial charge >= 0.3 is 17.9 Å². The Morgan fingerprint density at radius 2 is 1.55 bits per heavy atom. The van der Waals surface area contributed by atoms with Crippen LogP contribution >= 0.6 is 0 Å². The first-order chi connectivity index (χ1) is 19.3. The summed E-state index contributed by atoms with van der Waals surface area (Å²) in [4.78, 5) is 50.1. The Morgan fingerprint density at radius 1 is 0.881 bits per heavy atom. The highest BCUT2D eigenvalue weighted by Gasteiger charge is 2.70. The molecule has 2 N–H and O–H groups in total. The summed E-state index contributed by atoms with van der Waals surface area (Å²) in [5.41, 5.74) is -0.631. The molecule has 0 aromatic rings. The Labute approximate surface area is 250 Å². The number of hydrogen-bond donors (Lipinski definition) is 2. The normalized spacial score (nSPS) is 45.8. The third-order valence-corrected chi connectivity index (χ3v) is 13.7. The van der Waals surface area contributed by atoms with Crippen molar-refractivity contribution in [1.82, 2.24) is 0 Å². The van der Waals surface area contributed by atoms with E-state index in [0.29, 0.717) is 19.3 Å². The van der Waals surface area contributed by atoms with E-state index < -0.39 is 36.5 Å². The van der Waals surface area contributed by atoms with Crippen LogP contribution in [0.1, 0.15) is 106 Å². The first-order valence-corrected chi connectivity index (χ1v) is 15.8. The van der Waals surface area contributed by atoms with Crippen molar-refractivity contribution in [3.05, 3.63) is 11.6 Å². The molecule has 5 aliphatic carbocycles. The molecular weight excluding hydrogens is 536 g/mol. The zero-order valence-electron chi connectivity index (χ0n) is 26.5. The number of ether oxygens (including phenoxy) is 2. The number of rotatable bonds is 6. The van der Waals surface area contributed by atoms with E-state index in [1.165, 1.54) is 5.57 Å². The summed E-state index contributed by atoms with van der Waals surface area (Å²) in [6.45, 7) is 14.5. The number of fused-ring (bicyclic) bond motifs is 7. The summed E-state index contributed by atoms with van der Waals surface area (Å²) in [6, 6.07) is 0. The minimum absolute atomic E-state index is 0.0169. The minimum atomic E-state index is -1.13. The number of carboxylic acid groups (broad SMARTS) is 2. The number of carbonyl (C=O) groups excluding carboxylic acids is 2. The second-order valence-electron chi connectivity index (χ2n) is 16.3. The molecule has 0 radical (unpaired) electrons. The van der Waals surface area contributed by atoms with Gasteiger partial charge in [-0.15, -0.1) is 0 Å². The van der Waals surface area contributed by atoms with E-state index in [2.05, 4.69) is 41.5 Å². The molecule has 9 atom stereocenters. The smallest absolute Gasteiger partial charge is 0.332 e. The third-order valence-electron chi connectivity index (χ3n) is 13.7. The zero-order valence-corrected chi connectivity index (χ0v) is 26.5. The lowest BCUT2D eigenvalue weighted by Gasteiger charge is -2.70. The summed E-state index contributed by atoms with van der Waals surface area (Å²) in [5.74, 6) is -2.14. The van der Waals surface area contributed by atoms with Crippen molar-refractivity contribution < 1.29 is 38.9 Å². The fourth-order valence-electron chi connectivity index (χ4n) is 11.0. The van der Waals surface area contributed by atoms with Gasteiger partial charge in [-0.25, -0.2) is 9.59 Å². The Morgan fingerprint density at radius 3 is 2.19 bits per heavy atom. The quantitative estimate of drug-likeness (QED) is 0.359. The standard InChI is InChI=1S/C34H50O8/c1-29(2)23-8-11-34(7)27(32(23,5)10-9-24(29)42-26(38)19-41-18-25(36)37)22(35)16-20-21-17-31(4,28(39)40)13-12-30(21,3)14-15-33(20,34)6/h16,21,23-24,27H,8-15,17-19H2,1-7H3,(H,36,37)(H,39,40)/t21-,23-,24-,27+,30+,31-,32-,33+,34+/m0/s1. The van der Waals surface area contributed by atoms with Crippen molar-refractivity contribution in [3.8, 4) is 0 Å². The topological polar surface area (TPSA) is 127 Å². The average Bonchev–Trinajstić information content (AvgIpc) is 2.87. The van der Waals surface area contributed by atoms with Gasteiger partial charge in [0.2, 0.25) is 0 Å². The lowest BCUT2D eigenvalue weighted by atomic mass is 9.33. The van der Waals surface area contributed by atoms with E-state index in [9.17, 15) is 24.3 Å². The van der Waals surface area contributed by atoms with Crippen LogP contribution in [0, 0.1) is 50.2 Å². The maximum absolute atomic E-state index is 14.5. The first-order valence-electron chi connectivity index (χ1n) is 15.8. The molecular formula is C34H50O8. The Balaban J connectivity index is 1.45.